The number of pyridine rings is 1. The first kappa shape index (κ1) is 15.1. The lowest BCUT2D eigenvalue weighted by molar-refractivity contribution is 0.0877. The fourth-order valence-corrected chi connectivity index (χ4v) is 2.79. The van der Waals surface area contributed by atoms with Gasteiger partial charge in [-0.25, -0.2) is 0 Å². The molecule has 0 aliphatic heterocycles. The second-order valence-electron chi connectivity index (χ2n) is 5.68. The molecule has 0 radical (unpaired) electrons. The normalized spacial score (nSPS) is 17.9. The Hall–Kier alpha value is -1.26. The van der Waals surface area contributed by atoms with Crippen LogP contribution in [0.15, 0.2) is 24.5 Å². The topological polar surface area (TPSA) is 62.2 Å². The van der Waals surface area contributed by atoms with E-state index in [1.54, 1.807) is 24.5 Å². The van der Waals surface area contributed by atoms with Gasteiger partial charge in [0.05, 0.1) is 6.10 Å². The van der Waals surface area contributed by atoms with Crippen LogP contribution in [0.4, 0.5) is 0 Å². The van der Waals surface area contributed by atoms with Crippen molar-refractivity contribution >= 4 is 5.78 Å². The van der Waals surface area contributed by atoms with Gasteiger partial charge in [-0.2, -0.15) is 0 Å². The van der Waals surface area contributed by atoms with Gasteiger partial charge < -0.3 is 10.4 Å². The number of carbonyl (C=O) groups is 1. The van der Waals surface area contributed by atoms with Gasteiger partial charge in [0.2, 0.25) is 0 Å². The van der Waals surface area contributed by atoms with E-state index < -0.39 is 6.10 Å². The fraction of sp³-hybridized carbons (Fsp3) is 0.625. The van der Waals surface area contributed by atoms with Crippen molar-refractivity contribution in [3.63, 3.8) is 0 Å². The molecule has 4 nitrogen and oxygen atoms in total. The third-order valence-corrected chi connectivity index (χ3v) is 3.96. The molecule has 0 bridgehead atoms. The molecule has 1 atom stereocenters. The first-order valence-electron chi connectivity index (χ1n) is 7.57. The number of carbonyl (C=O) groups excluding carboxylic acids is 1. The highest BCUT2D eigenvalue weighted by Gasteiger charge is 2.15. The average Bonchev–Trinajstić information content (AvgIpc) is 2.49. The van der Waals surface area contributed by atoms with Crippen molar-refractivity contribution in [3.8, 4) is 0 Å². The number of aliphatic hydroxyl groups excluding tert-OH is 1. The van der Waals surface area contributed by atoms with E-state index in [0.717, 1.165) is 12.5 Å². The predicted octanol–water partition coefficient (Wildman–Crippen LogP) is 2.19. The highest BCUT2D eigenvalue weighted by Crippen LogP contribution is 2.22. The second kappa shape index (κ2) is 8.12. The number of nitrogens with zero attached hydrogens (tertiary/aromatic N) is 1. The Kier molecular flexibility index (Phi) is 6.15. The minimum absolute atomic E-state index is 0.0284. The Morgan fingerprint density at radius 3 is 2.70 bits per heavy atom. The molecule has 4 heteroatoms. The van der Waals surface area contributed by atoms with E-state index in [1.807, 2.05) is 0 Å². The molecular formula is C16H24N2O2. The smallest absolute Gasteiger partial charge is 0.165 e. The van der Waals surface area contributed by atoms with Crippen LogP contribution in [-0.2, 0) is 0 Å². The van der Waals surface area contributed by atoms with Gasteiger partial charge in [0.1, 0.15) is 0 Å². The molecule has 0 saturated heterocycles. The van der Waals surface area contributed by atoms with Gasteiger partial charge in [-0.05, 0) is 37.4 Å². The molecule has 110 valence electrons. The van der Waals surface area contributed by atoms with E-state index in [4.69, 9.17) is 0 Å². The fourth-order valence-electron chi connectivity index (χ4n) is 2.79. The Balaban J connectivity index is 1.64. The third-order valence-electron chi connectivity index (χ3n) is 3.96. The van der Waals surface area contributed by atoms with E-state index in [9.17, 15) is 9.90 Å². The summed E-state index contributed by atoms with van der Waals surface area (Å²) in [5.74, 6) is 0.714. The van der Waals surface area contributed by atoms with E-state index in [2.05, 4.69) is 10.3 Å². The van der Waals surface area contributed by atoms with Crippen LogP contribution >= 0.6 is 0 Å². The van der Waals surface area contributed by atoms with Crippen LogP contribution in [-0.4, -0.2) is 35.1 Å². The molecule has 0 unspecified atom stereocenters. The summed E-state index contributed by atoms with van der Waals surface area (Å²) in [7, 11) is 0. The summed E-state index contributed by atoms with van der Waals surface area (Å²) in [5, 5.41) is 13.2. The van der Waals surface area contributed by atoms with Crippen LogP contribution in [0.3, 0.4) is 0 Å². The lowest BCUT2D eigenvalue weighted by Gasteiger charge is -2.22. The van der Waals surface area contributed by atoms with Gasteiger partial charge >= 0.3 is 0 Å². The number of nitrogens with one attached hydrogen (secondary N) is 1. The summed E-state index contributed by atoms with van der Waals surface area (Å²) < 4.78 is 0. The Morgan fingerprint density at radius 2 is 2.00 bits per heavy atom. The molecule has 1 aliphatic rings. The van der Waals surface area contributed by atoms with Crippen molar-refractivity contribution in [2.45, 2.75) is 44.6 Å². The molecule has 1 aromatic heterocycles. The SMILES string of the molecule is O=C(C[C@H](O)CNCC1CCCCC1)c1ccncc1. The lowest BCUT2D eigenvalue weighted by Crippen LogP contribution is -2.32. The number of ketones is 1. The quantitative estimate of drug-likeness (QED) is 0.749. The Morgan fingerprint density at radius 1 is 1.30 bits per heavy atom. The van der Waals surface area contributed by atoms with Gasteiger partial charge in [0.25, 0.3) is 0 Å². The van der Waals surface area contributed by atoms with Gasteiger partial charge in [-0.3, -0.25) is 9.78 Å². The van der Waals surface area contributed by atoms with E-state index in [1.165, 1.54) is 32.1 Å². The van der Waals surface area contributed by atoms with Crippen molar-refractivity contribution in [2.24, 2.45) is 5.92 Å². The minimum atomic E-state index is -0.612. The zero-order chi connectivity index (χ0) is 14.2. The monoisotopic (exact) mass is 276 g/mol. The Bertz CT molecular complexity index is 402. The maximum Gasteiger partial charge on any atom is 0.165 e. The number of hydrogen-bond acceptors (Lipinski definition) is 4. The summed E-state index contributed by atoms with van der Waals surface area (Å²) in [4.78, 5) is 15.8. The molecule has 1 saturated carbocycles. The van der Waals surface area contributed by atoms with Gasteiger partial charge in [-0.1, -0.05) is 19.3 Å². The molecule has 1 fully saturated rings. The first-order valence-corrected chi connectivity index (χ1v) is 7.57. The first-order chi connectivity index (χ1) is 9.75. The van der Waals surface area contributed by atoms with Crippen molar-refractivity contribution in [3.05, 3.63) is 30.1 Å². The molecule has 1 heterocycles. The van der Waals surface area contributed by atoms with Crippen molar-refractivity contribution < 1.29 is 9.90 Å². The summed E-state index contributed by atoms with van der Waals surface area (Å²) in [6, 6.07) is 3.37. The number of rotatable bonds is 7. The number of Topliss-reactive ketones (excluding diaryl/α,β-unsaturated/α-hetero) is 1. The molecule has 2 N–H and O–H groups in total. The minimum Gasteiger partial charge on any atom is -0.391 e. The van der Waals surface area contributed by atoms with Crippen molar-refractivity contribution in [1.82, 2.24) is 10.3 Å². The summed E-state index contributed by atoms with van der Waals surface area (Å²) >= 11 is 0. The molecule has 0 aromatic carbocycles. The van der Waals surface area contributed by atoms with E-state index >= 15 is 0 Å². The van der Waals surface area contributed by atoms with Gasteiger partial charge in [0, 0.05) is 30.9 Å². The summed E-state index contributed by atoms with van der Waals surface area (Å²) in [5.41, 5.74) is 0.617. The largest absolute Gasteiger partial charge is 0.391 e. The lowest BCUT2D eigenvalue weighted by atomic mass is 9.89. The standard InChI is InChI=1S/C16H24N2O2/c19-15(10-16(20)14-6-8-17-9-7-14)12-18-11-13-4-2-1-3-5-13/h6-9,13,15,18-19H,1-5,10-12H2/t15-/m0/s1. The maximum absolute atomic E-state index is 11.9. The number of aromatic nitrogens is 1. The van der Waals surface area contributed by atoms with Crippen LogP contribution in [0.1, 0.15) is 48.9 Å². The van der Waals surface area contributed by atoms with Crippen molar-refractivity contribution in [2.75, 3.05) is 13.1 Å². The average molecular weight is 276 g/mol. The zero-order valence-corrected chi connectivity index (χ0v) is 11.9. The molecule has 0 amide bonds. The van der Waals surface area contributed by atoms with Gasteiger partial charge in [0.15, 0.2) is 5.78 Å². The van der Waals surface area contributed by atoms with Crippen LogP contribution in [0.2, 0.25) is 0 Å². The summed E-state index contributed by atoms with van der Waals surface area (Å²) in [6.45, 7) is 1.45. The molecule has 1 aromatic rings. The van der Waals surface area contributed by atoms with Gasteiger partial charge in [-0.15, -0.1) is 0 Å². The second-order valence-corrected chi connectivity index (χ2v) is 5.68. The van der Waals surface area contributed by atoms with E-state index in [0.29, 0.717) is 12.1 Å². The van der Waals surface area contributed by atoms with Crippen LogP contribution < -0.4 is 5.32 Å². The van der Waals surface area contributed by atoms with Crippen LogP contribution in [0.25, 0.3) is 0 Å². The summed E-state index contributed by atoms with van der Waals surface area (Å²) in [6.07, 6.45) is 9.35. The Labute approximate surface area is 120 Å². The van der Waals surface area contributed by atoms with Crippen LogP contribution in [0, 0.1) is 5.92 Å². The highest BCUT2D eigenvalue weighted by molar-refractivity contribution is 5.96. The molecule has 1 aliphatic carbocycles. The predicted molar refractivity (Wildman–Crippen MR) is 78.6 cm³/mol. The number of hydrogen-bond donors (Lipinski definition) is 2. The van der Waals surface area contributed by atoms with E-state index in [-0.39, 0.29) is 12.2 Å². The molecular weight excluding hydrogens is 252 g/mol. The molecule has 20 heavy (non-hydrogen) atoms. The van der Waals surface area contributed by atoms with Crippen molar-refractivity contribution in [1.29, 1.82) is 0 Å². The zero-order valence-electron chi connectivity index (χ0n) is 11.9. The highest BCUT2D eigenvalue weighted by atomic mass is 16.3. The van der Waals surface area contributed by atoms with Crippen LogP contribution in [0.5, 0.6) is 0 Å². The molecule has 0 spiro atoms. The molecule has 2 rings (SSSR count). The maximum atomic E-state index is 11.9. The third kappa shape index (κ3) is 5.02. The number of aliphatic hydroxyl groups is 1.